The lowest BCUT2D eigenvalue weighted by molar-refractivity contribution is -0.143. The fourth-order valence-electron chi connectivity index (χ4n) is 4.73. The standard InChI is InChI=1S/C27H32Cl2N4O3/c1-16(2)32-26-23(25(29)30)11-17(13-31-26)15-36-21-5-6-22-19(12-21)3-4-20(24(22)28)14-33-9-7-18(8-10-33)27(34)35/h5-6,11-13,16,18,30H,3-4,7-10,14-15H2,1-2H3,(H,31,32)(H,34,35). The van der Waals surface area contributed by atoms with Crippen molar-refractivity contribution in [3.05, 3.63) is 58.3 Å². The number of hydrogen-bond acceptors (Lipinski definition) is 6. The molecule has 0 saturated carbocycles. The predicted octanol–water partition coefficient (Wildman–Crippen LogP) is 5.74. The molecule has 1 aliphatic carbocycles. The van der Waals surface area contributed by atoms with Crippen LogP contribution < -0.4 is 10.1 Å². The number of nitrogens with zero attached hydrogens (tertiary/aromatic N) is 2. The van der Waals surface area contributed by atoms with Crippen molar-refractivity contribution in [2.24, 2.45) is 5.92 Å². The Kier molecular flexibility index (Phi) is 8.54. The first kappa shape index (κ1) is 26.5. The van der Waals surface area contributed by atoms with Crippen LogP contribution in [-0.4, -0.2) is 51.8 Å². The minimum absolute atomic E-state index is 0.0650. The van der Waals surface area contributed by atoms with Gasteiger partial charge in [0.25, 0.3) is 0 Å². The van der Waals surface area contributed by atoms with E-state index in [9.17, 15) is 9.90 Å². The van der Waals surface area contributed by atoms with Crippen molar-refractivity contribution in [3.63, 3.8) is 0 Å². The fraction of sp³-hybridized carbons (Fsp3) is 0.444. The molecule has 2 heterocycles. The number of aliphatic carboxylic acids is 1. The number of aromatic nitrogens is 1. The molecule has 1 fully saturated rings. The van der Waals surface area contributed by atoms with Crippen molar-refractivity contribution in [1.82, 2.24) is 9.88 Å². The van der Waals surface area contributed by atoms with E-state index < -0.39 is 5.97 Å². The summed E-state index contributed by atoms with van der Waals surface area (Å²) in [6.45, 7) is 6.69. The molecule has 4 rings (SSSR count). The predicted molar refractivity (Wildman–Crippen MR) is 144 cm³/mol. The molecule has 1 saturated heterocycles. The van der Waals surface area contributed by atoms with Crippen molar-refractivity contribution in [2.45, 2.75) is 52.2 Å². The molecule has 192 valence electrons. The Morgan fingerprint density at radius 1 is 1.28 bits per heavy atom. The van der Waals surface area contributed by atoms with Gasteiger partial charge in [-0.2, -0.15) is 0 Å². The molecule has 0 amide bonds. The lowest BCUT2D eigenvalue weighted by Crippen LogP contribution is -2.37. The van der Waals surface area contributed by atoms with Crippen molar-refractivity contribution in [2.75, 3.05) is 25.0 Å². The molecule has 3 N–H and O–H groups in total. The van der Waals surface area contributed by atoms with Gasteiger partial charge in [0.2, 0.25) is 0 Å². The number of ether oxygens (including phenoxy) is 1. The zero-order valence-electron chi connectivity index (χ0n) is 20.6. The number of anilines is 1. The first-order valence-electron chi connectivity index (χ1n) is 12.3. The summed E-state index contributed by atoms with van der Waals surface area (Å²) in [6.07, 6.45) is 4.88. The summed E-state index contributed by atoms with van der Waals surface area (Å²) < 4.78 is 6.04. The van der Waals surface area contributed by atoms with Crippen LogP contribution in [0.2, 0.25) is 0 Å². The molecular weight excluding hydrogens is 499 g/mol. The Hall–Kier alpha value is -2.61. The van der Waals surface area contributed by atoms with E-state index in [1.165, 1.54) is 5.57 Å². The number of carboxylic acid groups (broad SMARTS) is 1. The number of benzene rings is 1. The highest BCUT2D eigenvalue weighted by Gasteiger charge is 2.26. The van der Waals surface area contributed by atoms with Gasteiger partial charge in [0, 0.05) is 29.4 Å². The number of pyridine rings is 1. The number of carboxylic acids is 1. The average Bonchev–Trinajstić information content (AvgIpc) is 2.85. The van der Waals surface area contributed by atoms with E-state index in [-0.39, 0.29) is 17.1 Å². The monoisotopic (exact) mass is 530 g/mol. The largest absolute Gasteiger partial charge is 0.489 e. The molecule has 36 heavy (non-hydrogen) atoms. The minimum atomic E-state index is -0.688. The maximum atomic E-state index is 11.2. The molecule has 2 aromatic rings. The van der Waals surface area contributed by atoms with Gasteiger partial charge in [0.05, 0.1) is 11.5 Å². The number of aryl methyl sites for hydroxylation is 1. The van der Waals surface area contributed by atoms with Crippen LogP contribution in [0.15, 0.2) is 36.0 Å². The van der Waals surface area contributed by atoms with Gasteiger partial charge in [-0.1, -0.05) is 23.2 Å². The van der Waals surface area contributed by atoms with E-state index in [1.54, 1.807) is 6.20 Å². The fourth-order valence-corrected chi connectivity index (χ4v) is 5.22. The number of halogens is 2. The number of piperidine rings is 1. The number of fused-ring (bicyclic) bond motifs is 1. The van der Waals surface area contributed by atoms with Gasteiger partial charge in [0.1, 0.15) is 23.3 Å². The van der Waals surface area contributed by atoms with Gasteiger partial charge in [-0.05, 0) is 93.6 Å². The van der Waals surface area contributed by atoms with Gasteiger partial charge in [-0.25, -0.2) is 4.98 Å². The number of hydrogen-bond donors (Lipinski definition) is 3. The molecule has 0 spiro atoms. The number of rotatable bonds is 9. The molecule has 0 radical (unpaired) electrons. The second kappa shape index (κ2) is 11.6. The van der Waals surface area contributed by atoms with E-state index >= 15 is 0 Å². The van der Waals surface area contributed by atoms with Gasteiger partial charge in [-0.15, -0.1) is 0 Å². The Morgan fingerprint density at radius 3 is 2.69 bits per heavy atom. The first-order chi connectivity index (χ1) is 17.2. The van der Waals surface area contributed by atoms with Gasteiger partial charge in [0.15, 0.2) is 0 Å². The highest BCUT2D eigenvalue weighted by molar-refractivity contribution is 6.69. The summed E-state index contributed by atoms with van der Waals surface area (Å²) in [4.78, 5) is 17.9. The summed E-state index contributed by atoms with van der Waals surface area (Å²) in [6, 6.07) is 7.98. The summed E-state index contributed by atoms with van der Waals surface area (Å²) in [5.74, 6) is 0.428. The van der Waals surface area contributed by atoms with Gasteiger partial charge >= 0.3 is 5.97 Å². The zero-order chi connectivity index (χ0) is 25.8. The third-order valence-corrected chi connectivity index (χ3v) is 7.36. The van der Waals surface area contributed by atoms with Crippen LogP contribution in [0.3, 0.4) is 0 Å². The Bertz CT molecular complexity index is 1170. The lowest BCUT2D eigenvalue weighted by atomic mass is 9.90. The third-order valence-electron chi connectivity index (χ3n) is 6.68. The van der Waals surface area contributed by atoms with Crippen LogP contribution in [0, 0.1) is 11.3 Å². The summed E-state index contributed by atoms with van der Waals surface area (Å²) in [5, 5.41) is 21.0. The zero-order valence-corrected chi connectivity index (χ0v) is 22.1. The molecule has 9 heteroatoms. The minimum Gasteiger partial charge on any atom is -0.489 e. The SMILES string of the molecule is CC(C)Nc1ncc(COc2ccc3c(c2)CCC(CN2CCC(C(=O)O)CC2)=C3Cl)cc1C(=N)Cl. The molecule has 1 aromatic carbocycles. The van der Waals surface area contributed by atoms with E-state index in [1.807, 2.05) is 38.1 Å². The smallest absolute Gasteiger partial charge is 0.306 e. The maximum absolute atomic E-state index is 11.2. The third kappa shape index (κ3) is 6.38. The lowest BCUT2D eigenvalue weighted by Gasteiger charge is -2.32. The second-order valence-corrected chi connectivity index (χ2v) is 10.5. The molecule has 7 nitrogen and oxygen atoms in total. The number of carbonyl (C=O) groups is 1. The van der Waals surface area contributed by atoms with Crippen molar-refractivity contribution in [1.29, 1.82) is 5.41 Å². The van der Waals surface area contributed by atoms with E-state index in [4.69, 9.17) is 33.3 Å². The molecule has 1 aromatic heterocycles. The first-order valence-corrected chi connectivity index (χ1v) is 13.1. The van der Waals surface area contributed by atoms with Crippen LogP contribution in [0.5, 0.6) is 5.75 Å². The maximum Gasteiger partial charge on any atom is 0.306 e. The second-order valence-electron chi connectivity index (χ2n) is 9.77. The Morgan fingerprint density at radius 2 is 2.03 bits per heavy atom. The highest BCUT2D eigenvalue weighted by atomic mass is 35.5. The summed E-state index contributed by atoms with van der Waals surface area (Å²) in [7, 11) is 0. The number of nitrogens with one attached hydrogen (secondary N) is 2. The average molecular weight is 531 g/mol. The molecule has 0 unspecified atom stereocenters. The number of likely N-dealkylation sites (tertiary alicyclic amines) is 1. The molecule has 0 atom stereocenters. The van der Waals surface area contributed by atoms with Gasteiger partial charge in [-0.3, -0.25) is 15.1 Å². The van der Waals surface area contributed by atoms with Crippen LogP contribution in [-0.2, 0) is 17.8 Å². The van der Waals surface area contributed by atoms with E-state index in [2.05, 4.69) is 15.2 Å². The normalized spacial score (nSPS) is 16.7. The molecule has 0 bridgehead atoms. The van der Waals surface area contributed by atoms with Gasteiger partial charge < -0.3 is 15.2 Å². The molecule has 1 aliphatic heterocycles. The summed E-state index contributed by atoms with van der Waals surface area (Å²) in [5.41, 5.74) is 4.78. The van der Waals surface area contributed by atoms with Crippen molar-refractivity contribution < 1.29 is 14.6 Å². The molecular formula is C27H32Cl2N4O3. The molecule has 2 aliphatic rings. The van der Waals surface area contributed by atoms with E-state index in [0.29, 0.717) is 30.8 Å². The van der Waals surface area contributed by atoms with Crippen molar-refractivity contribution >= 4 is 45.2 Å². The topological polar surface area (TPSA) is 98.5 Å². The highest BCUT2D eigenvalue weighted by Crippen LogP contribution is 2.37. The van der Waals surface area contributed by atoms with Crippen LogP contribution in [0.4, 0.5) is 5.82 Å². The Labute approximate surface area is 222 Å². The van der Waals surface area contributed by atoms with Crippen LogP contribution in [0.25, 0.3) is 5.03 Å². The quantitative estimate of drug-likeness (QED) is 0.357. The van der Waals surface area contributed by atoms with Crippen molar-refractivity contribution in [3.8, 4) is 5.75 Å². The van der Waals surface area contributed by atoms with Crippen LogP contribution in [0.1, 0.15) is 55.4 Å². The van der Waals surface area contributed by atoms with E-state index in [0.717, 1.165) is 59.9 Å². The Balaban J connectivity index is 1.40. The summed E-state index contributed by atoms with van der Waals surface area (Å²) >= 11 is 12.8. The van der Waals surface area contributed by atoms with Crippen LogP contribution >= 0.6 is 23.2 Å².